The van der Waals surface area contributed by atoms with Gasteiger partial charge in [-0.25, -0.2) is 4.79 Å². The number of rotatable bonds is 10. The molecular formula is C25H31N3O5S2. The minimum Gasteiger partial charge on any atom is -0.462 e. The van der Waals surface area contributed by atoms with Gasteiger partial charge in [0.25, 0.3) is 0 Å². The maximum Gasteiger partial charge on any atom is 0.341 e. The lowest BCUT2D eigenvalue weighted by atomic mass is 10.0. The zero-order valence-electron chi connectivity index (χ0n) is 20.3. The molecule has 2 aromatic rings. The molecule has 10 heteroatoms. The van der Waals surface area contributed by atoms with Crippen LogP contribution in [0.3, 0.4) is 0 Å². The molecule has 2 heterocycles. The van der Waals surface area contributed by atoms with Gasteiger partial charge in [-0.1, -0.05) is 19.4 Å². The molecule has 35 heavy (non-hydrogen) atoms. The molecule has 3 rings (SSSR count). The predicted molar refractivity (Wildman–Crippen MR) is 139 cm³/mol. The number of nitrogens with zero attached hydrogens (tertiary/aromatic N) is 1. The number of benzene rings is 1. The second-order valence-electron chi connectivity index (χ2n) is 8.14. The molecule has 0 aliphatic carbocycles. The van der Waals surface area contributed by atoms with E-state index in [1.165, 1.54) is 30.0 Å². The van der Waals surface area contributed by atoms with E-state index in [0.717, 1.165) is 28.2 Å². The van der Waals surface area contributed by atoms with Crippen LogP contribution in [0.2, 0.25) is 0 Å². The van der Waals surface area contributed by atoms with E-state index in [4.69, 9.17) is 4.74 Å². The van der Waals surface area contributed by atoms with Crippen LogP contribution in [-0.4, -0.2) is 47.5 Å². The fraction of sp³-hybridized carbons (Fsp3) is 0.440. The molecule has 0 fully saturated rings. The SMILES string of the molecule is CCCCC(=O)Nc1cccc(SCC(=O)Nc2sc3c(c2C(=O)OCC)CCN(C(C)=O)C3)c1. The molecule has 1 aliphatic rings. The molecule has 1 aliphatic heterocycles. The first-order valence-corrected chi connectivity index (χ1v) is 13.5. The van der Waals surface area contributed by atoms with Crippen LogP contribution >= 0.6 is 23.1 Å². The average molecular weight is 518 g/mol. The Labute approximate surface area is 213 Å². The summed E-state index contributed by atoms with van der Waals surface area (Å²) in [7, 11) is 0. The summed E-state index contributed by atoms with van der Waals surface area (Å²) >= 11 is 2.66. The van der Waals surface area contributed by atoms with Crippen molar-refractivity contribution >= 4 is 57.5 Å². The standard InChI is InChI=1S/C25H31N3O5S2/c1-4-6-10-21(30)26-17-8-7-9-18(13-17)34-15-22(31)27-24-23(25(32)33-5-2)19-11-12-28(16(3)29)14-20(19)35-24/h7-9,13H,4-6,10-12,14-15H2,1-3H3,(H,26,30)(H,27,31). The molecule has 2 N–H and O–H groups in total. The summed E-state index contributed by atoms with van der Waals surface area (Å²) in [6.45, 7) is 6.48. The topological polar surface area (TPSA) is 105 Å². The number of ether oxygens (including phenoxy) is 1. The zero-order valence-corrected chi connectivity index (χ0v) is 21.9. The summed E-state index contributed by atoms with van der Waals surface area (Å²) < 4.78 is 5.24. The summed E-state index contributed by atoms with van der Waals surface area (Å²) in [5, 5.41) is 6.22. The van der Waals surface area contributed by atoms with Crippen LogP contribution in [-0.2, 0) is 32.1 Å². The van der Waals surface area contributed by atoms with Gasteiger partial charge in [-0.2, -0.15) is 0 Å². The van der Waals surface area contributed by atoms with Gasteiger partial charge >= 0.3 is 5.97 Å². The third-order valence-electron chi connectivity index (χ3n) is 5.48. The van der Waals surface area contributed by atoms with Crippen LogP contribution < -0.4 is 10.6 Å². The van der Waals surface area contributed by atoms with Crippen LogP contribution in [0, 0.1) is 0 Å². The molecule has 0 spiro atoms. The van der Waals surface area contributed by atoms with Crippen molar-refractivity contribution in [1.29, 1.82) is 0 Å². The van der Waals surface area contributed by atoms with Crippen LogP contribution in [0.1, 0.15) is 60.8 Å². The number of thioether (sulfide) groups is 1. The summed E-state index contributed by atoms with van der Waals surface area (Å²) in [6.07, 6.45) is 2.82. The average Bonchev–Trinajstić information content (AvgIpc) is 3.18. The molecule has 0 atom stereocenters. The Balaban J connectivity index is 1.67. The lowest BCUT2D eigenvalue weighted by molar-refractivity contribution is -0.129. The van der Waals surface area contributed by atoms with Crippen molar-refractivity contribution in [3.63, 3.8) is 0 Å². The molecule has 0 bridgehead atoms. The largest absolute Gasteiger partial charge is 0.462 e. The van der Waals surface area contributed by atoms with E-state index in [-0.39, 0.29) is 30.1 Å². The second-order valence-corrected chi connectivity index (χ2v) is 10.3. The number of carbonyl (C=O) groups is 4. The van der Waals surface area contributed by atoms with Crippen molar-refractivity contribution in [3.8, 4) is 0 Å². The van der Waals surface area contributed by atoms with Gasteiger partial charge in [0, 0.05) is 35.3 Å². The van der Waals surface area contributed by atoms with Crippen molar-refractivity contribution in [2.45, 2.75) is 57.9 Å². The minimum absolute atomic E-state index is 0.0208. The van der Waals surface area contributed by atoms with Crippen LogP contribution in [0.25, 0.3) is 0 Å². The maximum absolute atomic E-state index is 12.8. The number of esters is 1. The van der Waals surface area contributed by atoms with Crippen molar-refractivity contribution < 1.29 is 23.9 Å². The molecule has 0 saturated carbocycles. The van der Waals surface area contributed by atoms with Gasteiger partial charge in [-0.05, 0) is 43.5 Å². The highest BCUT2D eigenvalue weighted by atomic mass is 32.2. The number of amides is 3. The first-order valence-electron chi connectivity index (χ1n) is 11.7. The number of hydrogen-bond acceptors (Lipinski definition) is 7. The highest BCUT2D eigenvalue weighted by Gasteiger charge is 2.30. The molecule has 8 nitrogen and oxygen atoms in total. The molecule has 0 saturated heterocycles. The van der Waals surface area contributed by atoms with Gasteiger partial charge < -0.3 is 20.3 Å². The van der Waals surface area contributed by atoms with Crippen LogP contribution in [0.4, 0.5) is 10.7 Å². The van der Waals surface area contributed by atoms with E-state index in [9.17, 15) is 19.2 Å². The Morgan fingerprint density at radius 1 is 1.14 bits per heavy atom. The fourth-order valence-corrected chi connectivity index (χ4v) is 5.74. The molecule has 1 aromatic carbocycles. The lowest BCUT2D eigenvalue weighted by Crippen LogP contribution is -2.34. The predicted octanol–water partition coefficient (Wildman–Crippen LogP) is 4.69. The van der Waals surface area contributed by atoms with Gasteiger partial charge in [0.1, 0.15) is 5.00 Å². The van der Waals surface area contributed by atoms with E-state index >= 15 is 0 Å². The number of anilines is 2. The van der Waals surface area contributed by atoms with Gasteiger partial charge in [0.15, 0.2) is 0 Å². The zero-order chi connectivity index (χ0) is 25.4. The first kappa shape index (κ1) is 26.7. The third-order valence-corrected chi connectivity index (χ3v) is 7.61. The monoisotopic (exact) mass is 517 g/mol. The Kier molecular flexibility index (Phi) is 9.73. The third kappa shape index (κ3) is 7.32. The minimum atomic E-state index is -0.462. The normalized spacial score (nSPS) is 12.6. The van der Waals surface area contributed by atoms with Crippen molar-refractivity contribution in [2.24, 2.45) is 0 Å². The van der Waals surface area contributed by atoms with E-state index in [0.29, 0.717) is 42.2 Å². The van der Waals surface area contributed by atoms with Crippen LogP contribution in [0.15, 0.2) is 29.2 Å². The van der Waals surface area contributed by atoms with Gasteiger partial charge in [-0.3, -0.25) is 14.4 Å². The van der Waals surface area contributed by atoms with Gasteiger partial charge in [0.05, 0.1) is 24.5 Å². The molecule has 3 amide bonds. The number of carbonyl (C=O) groups excluding carboxylic acids is 4. The van der Waals surface area contributed by atoms with Crippen molar-refractivity contribution in [2.75, 3.05) is 29.5 Å². The summed E-state index contributed by atoms with van der Waals surface area (Å²) in [4.78, 5) is 52.7. The first-order chi connectivity index (χ1) is 16.8. The van der Waals surface area contributed by atoms with Crippen molar-refractivity contribution in [1.82, 2.24) is 4.90 Å². The summed E-state index contributed by atoms with van der Waals surface area (Å²) in [5.74, 6) is -0.621. The fourth-order valence-electron chi connectivity index (χ4n) is 3.72. The molecular weight excluding hydrogens is 486 g/mol. The van der Waals surface area contributed by atoms with E-state index in [1.54, 1.807) is 11.8 Å². The number of hydrogen-bond donors (Lipinski definition) is 2. The lowest BCUT2D eigenvalue weighted by Gasteiger charge is -2.25. The Hall–Kier alpha value is -2.85. The Bertz CT molecular complexity index is 1100. The summed E-state index contributed by atoms with van der Waals surface area (Å²) in [6, 6.07) is 7.37. The number of unbranched alkanes of at least 4 members (excludes halogenated alkanes) is 1. The maximum atomic E-state index is 12.8. The smallest absolute Gasteiger partial charge is 0.341 e. The highest BCUT2D eigenvalue weighted by Crippen LogP contribution is 2.38. The Morgan fingerprint density at radius 3 is 2.66 bits per heavy atom. The van der Waals surface area contributed by atoms with E-state index in [1.807, 2.05) is 31.2 Å². The van der Waals surface area contributed by atoms with Crippen LogP contribution in [0.5, 0.6) is 0 Å². The number of fused-ring (bicyclic) bond motifs is 1. The molecule has 0 radical (unpaired) electrons. The van der Waals surface area contributed by atoms with Crippen molar-refractivity contribution in [3.05, 3.63) is 40.3 Å². The Morgan fingerprint density at radius 2 is 1.94 bits per heavy atom. The molecule has 1 aromatic heterocycles. The summed E-state index contributed by atoms with van der Waals surface area (Å²) in [5.41, 5.74) is 1.94. The van der Waals surface area contributed by atoms with Gasteiger partial charge in [0.2, 0.25) is 17.7 Å². The quantitative estimate of drug-likeness (QED) is 0.350. The van der Waals surface area contributed by atoms with E-state index < -0.39 is 5.97 Å². The number of thiophene rings is 1. The second kappa shape index (κ2) is 12.7. The van der Waals surface area contributed by atoms with E-state index in [2.05, 4.69) is 10.6 Å². The van der Waals surface area contributed by atoms with Gasteiger partial charge in [-0.15, -0.1) is 23.1 Å². The highest BCUT2D eigenvalue weighted by molar-refractivity contribution is 8.00. The molecule has 0 unspecified atom stereocenters. The molecule has 188 valence electrons. The number of nitrogens with one attached hydrogen (secondary N) is 2.